The van der Waals surface area contributed by atoms with E-state index in [0.29, 0.717) is 12.0 Å². The molecule has 0 amide bonds. The molecule has 2 nitrogen and oxygen atoms in total. The van der Waals surface area contributed by atoms with Gasteiger partial charge in [-0.15, -0.1) is 0 Å². The van der Waals surface area contributed by atoms with E-state index < -0.39 is 0 Å². The third-order valence-electron chi connectivity index (χ3n) is 4.24. The van der Waals surface area contributed by atoms with Gasteiger partial charge in [-0.05, 0) is 44.1 Å². The molecule has 0 aliphatic heterocycles. The largest absolute Gasteiger partial charge is 0.324 e. The maximum absolute atomic E-state index is 6.41. The van der Waals surface area contributed by atoms with Crippen LogP contribution in [0.3, 0.4) is 0 Å². The Hall–Kier alpha value is -0.860. The first-order valence-corrected chi connectivity index (χ1v) is 7.62. The highest BCUT2D eigenvalue weighted by Gasteiger charge is 2.27. The van der Waals surface area contributed by atoms with Crippen molar-refractivity contribution in [1.29, 1.82) is 0 Å². The van der Waals surface area contributed by atoms with Crippen LogP contribution in [0.4, 0.5) is 0 Å². The number of hydrogen-bond acceptors (Lipinski definition) is 2. The highest BCUT2D eigenvalue weighted by Crippen LogP contribution is 2.31. The van der Waals surface area contributed by atoms with E-state index in [2.05, 4.69) is 56.0 Å². The molecule has 1 aliphatic rings. The van der Waals surface area contributed by atoms with Gasteiger partial charge in [-0.3, -0.25) is 0 Å². The summed E-state index contributed by atoms with van der Waals surface area (Å²) in [5.74, 6) is 1.44. The average molecular weight is 260 g/mol. The van der Waals surface area contributed by atoms with Crippen LogP contribution >= 0.6 is 0 Å². The molecule has 19 heavy (non-hydrogen) atoms. The Morgan fingerprint density at radius 2 is 1.79 bits per heavy atom. The Balaban J connectivity index is 1.92. The molecular formula is C17H28N2. The predicted octanol–water partition coefficient (Wildman–Crippen LogP) is 3.44. The van der Waals surface area contributed by atoms with Gasteiger partial charge in [0.1, 0.15) is 0 Å². The van der Waals surface area contributed by atoms with Gasteiger partial charge >= 0.3 is 0 Å². The maximum atomic E-state index is 6.41. The zero-order chi connectivity index (χ0) is 13.8. The van der Waals surface area contributed by atoms with Crippen molar-refractivity contribution in [3.8, 4) is 0 Å². The molecular weight excluding hydrogens is 232 g/mol. The average Bonchev–Trinajstić information content (AvgIpc) is 3.22. The van der Waals surface area contributed by atoms with Gasteiger partial charge in [0.05, 0.1) is 0 Å². The molecule has 1 aromatic carbocycles. The lowest BCUT2D eigenvalue weighted by Crippen LogP contribution is -2.39. The third-order valence-corrected chi connectivity index (χ3v) is 4.24. The van der Waals surface area contributed by atoms with Crippen molar-refractivity contribution < 1.29 is 0 Å². The second kappa shape index (κ2) is 6.53. The second-order valence-corrected chi connectivity index (χ2v) is 6.40. The monoisotopic (exact) mass is 260 g/mol. The maximum Gasteiger partial charge on any atom is 0.0333 e. The van der Waals surface area contributed by atoms with Crippen LogP contribution in [0.15, 0.2) is 30.3 Å². The molecule has 1 aliphatic carbocycles. The summed E-state index contributed by atoms with van der Waals surface area (Å²) in [4.78, 5) is 2.60. The Bertz CT molecular complexity index is 370. The molecule has 2 unspecified atom stereocenters. The van der Waals surface area contributed by atoms with Crippen molar-refractivity contribution in [2.45, 2.75) is 45.7 Å². The molecule has 2 atom stereocenters. The standard InChI is InChI=1S/C17H28N2/c1-13(2)19(12-15-9-10-15)11-14(3)17(18)16-7-5-4-6-8-16/h4-8,13-15,17H,9-12,18H2,1-3H3. The molecule has 0 saturated heterocycles. The first-order valence-electron chi connectivity index (χ1n) is 7.62. The summed E-state index contributed by atoms with van der Waals surface area (Å²) in [7, 11) is 0. The molecule has 0 radical (unpaired) electrons. The predicted molar refractivity (Wildman–Crippen MR) is 82.0 cm³/mol. The van der Waals surface area contributed by atoms with Gasteiger partial charge in [0.25, 0.3) is 0 Å². The van der Waals surface area contributed by atoms with Gasteiger partial charge in [0.2, 0.25) is 0 Å². The molecule has 2 heteroatoms. The molecule has 2 rings (SSSR count). The van der Waals surface area contributed by atoms with E-state index in [1.54, 1.807) is 0 Å². The molecule has 1 aromatic rings. The quantitative estimate of drug-likeness (QED) is 0.813. The number of rotatable bonds is 7. The highest BCUT2D eigenvalue weighted by atomic mass is 15.2. The second-order valence-electron chi connectivity index (χ2n) is 6.40. The molecule has 0 heterocycles. The molecule has 0 aromatic heterocycles. The van der Waals surface area contributed by atoms with Crippen molar-refractivity contribution in [3.63, 3.8) is 0 Å². The fraction of sp³-hybridized carbons (Fsp3) is 0.647. The lowest BCUT2D eigenvalue weighted by molar-refractivity contribution is 0.174. The Morgan fingerprint density at radius 3 is 2.32 bits per heavy atom. The van der Waals surface area contributed by atoms with E-state index in [-0.39, 0.29) is 6.04 Å². The van der Waals surface area contributed by atoms with Crippen LogP contribution in [0.2, 0.25) is 0 Å². The first kappa shape index (κ1) is 14.5. The number of hydrogen-bond donors (Lipinski definition) is 1. The Morgan fingerprint density at radius 1 is 1.16 bits per heavy atom. The van der Waals surface area contributed by atoms with Gasteiger partial charge < -0.3 is 10.6 Å². The molecule has 106 valence electrons. The van der Waals surface area contributed by atoms with Crippen LogP contribution in [0.5, 0.6) is 0 Å². The molecule has 0 bridgehead atoms. The van der Waals surface area contributed by atoms with E-state index >= 15 is 0 Å². The van der Waals surface area contributed by atoms with Crippen molar-refractivity contribution in [2.24, 2.45) is 17.6 Å². The summed E-state index contributed by atoms with van der Waals surface area (Å²) in [6.45, 7) is 9.22. The normalized spacial score (nSPS) is 18.8. The SMILES string of the molecule is CC(CN(CC1CC1)C(C)C)C(N)c1ccccc1. The van der Waals surface area contributed by atoms with E-state index in [9.17, 15) is 0 Å². The Kier molecular flexibility index (Phi) is 5.00. The van der Waals surface area contributed by atoms with Crippen LogP contribution in [-0.2, 0) is 0 Å². The van der Waals surface area contributed by atoms with E-state index in [1.807, 2.05) is 0 Å². The summed E-state index contributed by atoms with van der Waals surface area (Å²) >= 11 is 0. The Labute approximate surface area is 118 Å². The minimum atomic E-state index is 0.140. The smallest absolute Gasteiger partial charge is 0.0333 e. The third kappa shape index (κ3) is 4.32. The molecule has 0 spiro atoms. The van der Waals surface area contributed by atoms with E-state index in [1.165, 1.54) is 24.9 Å². The summed E-state index contributed by atoms with van der Waals surface area (Å²) < 4.78 is 0. The van der Waals surface area contributed by atoms with Crippen molar-refractivity contribution in [2.75, 3.05) is 13.1 Å². The van der Waals surface area contributed by atoms with Crippen LogP contribution < -0.4 is 5.73 Å². The number of nitrogens with zero attached hydrogens (tertiary/aromatic N) is 1. The fourth-order valence-corrected chi connectivity index (χ4v) is 2.62. The van der Waals surface area contributed by atoms with Gasteiger partial charge in [0.15, 0.2) is 0 Å². The summed E-state index contributed by atoms with van der Waals surface area (Å²) in [5, 5.41) is 0. The van der Waals surface area contributed by atoms with E-state index in [4.69, 9.17) is 5.73 Å². The first-order chi connectivity index (χ1) is 9.08. The van der Waals surface area contributed by atoms with Crippen LogP contribution in [0.1, 0.15) is 45.2 Å². The van der Waals surface area contributed by atoms with Crippen molar-refractivity contribution in [1.82, 2.24) is 4.90 Å². The van der Waals surface area contributed by atoms with Crippen LogP contribution in [-0.4, -0.2) is 24.0 Å². The lowest BCUT2D eigenvalue weighted by atomic mass is 9.94. The summed E-state index contributed by atoms with van der Waals surface area (Å²) in [6, 6.07) is 11.2. The minimum absolute atomic E-state index is 0.140. The van der Waals surface area contributed by atoms with Gasteiger partial charge in [-0.2, -0.15) is 0 Å². The lowest BCUT2D eigenvalue weighted by Gasteiger charge is -2.32. The molecule has 1 saturated carbocycles. The number of nitrogens with two attached hydrogens (primary N) is 1. The van der Waals surface area contributed by atoms with Crippen LogP contribution in [0, 0.1) is 11.8 Å². The van der Waals surface area contributed by atoms with Gasteiger partial charge in [-0.25, -0.2) is 0 Å². The van der Waals surface area contributed by atoms with Gasteiger partial charge in [-0.1, -0.05) is 37.3 Å². The zero-order valence-electron chi connectivity index (χ0n) is 12.5. The highest BCUT2D eigenvalue weighted by molar-refractivity contribution is 5.19. The summed E-state index contributed by atoms with van der Waals surface area (Å²) in [5.41, 5.74) is 7.66. The number of benzene rings is 1. The van der Waals surface area contributed by atoms with E-state index in [0.717, 1.165) is 12.5 Å². The zero-order valence-corrected chi connectivity index (χ0v) is 12.5. The van der Waals surface area contributed by atoms with Crippen molar-refractivity contribution >= 4 is 0 Å². The fourth-order valence-electron chi connectivity index (χ4n) is 2.62. The molecule has 1 fully saturated rings. The van der Waals surface area contributed by atoms with Gasteiger partial charge in [0, 0.05) is 25.2 Å². The van der Waals surface area contributed by atoms with Crippen molar-refractivity contribution in [3.05, 3.63) is 35.9 Å². The summed E-state index contributed by atoms with van der Waals surface area (Å²) in [6.07, 6.45) is 2.84. The topological polar surface area (TPSA) is 29.3 Å². The molecule has 2 N–H and O–H groups in total. The van der Waals surface area contributed by atoms with Crippen LogP contribution in [0.25, 0.3) is 0 Å². The minimum Gasteiger partial charge on any atom is -0.324 e.